The van der Waals surface area contributed by atoms with Crippen LogP contribution in [-0.2, 0) is 14.9 Å². The number of aliphatic carboxylic acids is 1. The molecule has 0 radical (unpaired) electrons. The molecule has 0 fully saturated rings. The third-order valence-corrected chi connectivity index (χ3v) is 8.61. The molecular weight excluding hydrogens is 460 g/mol. The molecule has 0 rings (SSSR count). The molecule has 0 aromatic rings. The largest absolute Gasteiger partial charge is 0.544 e. The minimum absolute atomic E-state index is 0.137. The van der Waals surface area contributed by atoms with Gasteiger partial charge in [-0.2, -0.15) is 8.42 Å². The first-order chi connectivity index (χ1) is 15.7. The van der Waals surface area contributed by atoms with Crippen molar-refractivity contribution in [2.45, 2.75) is 102 Å². The third-order valence-electron chi connectivity index (χ3n) is 6.93. The predicted octanol–water partition coefficient (Wildman–Crippen LogP) is 1.68. The Kier molecular flexibility index (Phi) is 15.0. The van der Waals surface area contributed by atoms with E-state index < -0.39 is 45.6 Å². The molecule has 0 aromatic heterocycles. The fraction of sp³-hybridized carbons (Fsp3) is 0.958. The van der Waals surface area contributed by atoms with Crippen LogP contribution in [0.2, 0.25) is 0 Å². The van der Waals surface area contributed by atoms with Gasteiger partial charge in [0.25, 0.3) is 10.1 Å². The standard InChI is InChI=1S/C24H50N2O7S/c1-6-7-8-9-10-11-12-13-14-15-18-25-24(34(31,32)33,21(22(29)30)26(3,4)5)23(2,16-19-27)17-20-28/h21,25,27-28H,6-20H2,1-5H3,(H-,29,30,31,32,33). The highest BCUT2D eigenvalue weighted by Crippen LogP contribution is 2.46. The van der Waals surface area contributed by atoms with Crippen LogP contribution in [0.15, 0.2) is 0 Å². The van der Waals surface area contributed by atoms with Crippen molar-refractivity contribution in [2.75, 3.05) is 40.9 Å². The second-order valence-electron chi connectivity index (χ2n) is 10.7. The Labute approximate surface area is 207 Å². The summed E-state index contributed by atoms with van der Waals surface area (Å²) >= 11 is 0. The maximum Gasteiger partial charge on any atom is 0.291 e. The number of nitrogens with one attached hydrogen (secondary N) is 1. The van der Waals surface area contributed by atoms with Gasteiger partial charge in [-0.3, -0.25) is 9.87 Å². The molecule has 0 spiro atoms. The quantitative estimate of drug-likeness (QED) is 0.104. The fourth-order valence-electron chi connectivity index (χ4n) is 5.09. The molecule has 0 saturated heterocycles. The number of rotatable bonds is 21. The summed E-state index contributed by atoms with van der Waals surface area (Å²) in [6, 6.07) is -1.70. The molecule has 0 aliphatic heterocycles. The van der Waals surface area contributed by atoms with Crippen molar-refractivity contribution in [1.29, 1.82) is 0 Å². The second kappa shape index (κ2) is 15.4. The Morgan fingerprint density at radius 1 is 0.912 bits per heavy atom. The number of unbranched alkanes of at least 4 members (excludes halogenated alkanes) is 9. The molecule has 9 nitrogen and oxygen atoms in total. The van der Waals surface area contributed by atoms with Gasteiger partial charge in [0.05, 0.1) is 21.1 Å². The number of likely N-dealkylation sites (N-methyl/N-ethyl adjacent to an activating group) is 1. The topological polar surface area (TPSA) is 147 Å². The highest BCUT2D eigenvalue weighted by Gasteiger charge is 2.65. The van der Waals surface area contributed by atoms with E-state index >= 15 is 0 Å². The van der Waals surface area contributed by atoms with Crippen LogP contribution in [0, 0.1) is 5.41 Å². The first-order valence-corrected chi connectivity index (χ1v) is 14.1. The van der Waals surface area contributed by atoms with E-state index in [-0.39, 0.29) is 23.9 Å². The van der Waals surface area contributed by atoms with Crippen molar-refractivity contribution < 1.29 is 37.6 Å². The van der Waals surface area contributed by atoms with Crippen LogP contribution >= 0.6 is 0 Å². The summed E-state index contributed by atoms with van der Waals surface area (Å²) in [6.07, 6.45) is 10.6. The molecule has 0 amide bonds. The van der Waals surface area contributed by atoms with Crippen molar-refractivity contribution >= 4 is 16.1 Å². The van der Waals surface area contributed by atoms with Crippen LogP contribution in [0.5, 0.6) is 0 Å². The van der Waals surface area contributed by atoms with Gasteiger partial charge in [-0.25, -0.2) is 0 Å². The lowest BCUT2D eigenvalue weighted by Crippen LogP contribution is -2.78. The Balaban J connectivity index is 5.66. The highest BCUT2D eigenvalue weighted by molar-refractivity contribution is 7.87. The Morgan fingerprint density at radius 2 is 1.32 bits per heavy atom. The number of carbonyl (C=O) groups is 1. The van der Waals surface area contributed by atoms with E-state index in [1.54, 1.807) is 0 Å². The van der Waals surface area contributed by atoms with Crippen molar-refractivity contribution in [1.82, 2.24) is 5.32 Å². The average molecular weight is 511 g/mol. The number of nitrogens with zero attached hydrogens (tertiary/aromatic N) is 1. The lowest BCUT2D eigenvalue weighted by Gasteiger charge is -2.54. The van der Waals surface area contributed by atoms with Crippen molar-refractivity contribution in [3.05, 3.63) is 0 Å². The molecular formula is C24H50N2O7S. The van der Waals surface area contributed by atoms with Gasteiger partial charge in [0.15, 0.2) is 6.04 Å². The van der Waals surface area contributed by atoms with Gasteiger partial charge >= 0.3 is 0 Å². The zero-order valence-electron chi connectivity index (χ0n) is 22.0. The molecule has 204 valence electrons. The summed E-state index contributed by atoms with van der Waals surface area (Å²) in [5, 5.41) is 34.6. The van der Waals surface area contributed by atoms with Gasteiger partial charge < -0.3 is 24.6 Å². The first kappa shape index (κ1) is 33.2. The number of aliphatic hydroxyl groups excluding tert-OH is 2. The van der Waals surface area contributed by atoms with E-state index in [1.165, 1.54) is 60.2 Å². The molecule has 4 N–H and O–H groups in total. The molecule has 0 bridgehead atoms. The zero-order chi connectivity index (χ0) is 26.5. The summed E-state index contributed by atoms with van der Waals surface area (Å²) in [5.74, 6) is -1.64. The number of hydrogen-bond donors (Lipinski definition) is 4. The summed E-state index contributed by atoms with van der Waals surface area (Å²) < 4.78 is 36.1. The minimum Gasteiger partial charge on any atom is -0.544 e. The van der Waals surface area contributed by atoms with E-state index in [2.05, 4.69) is 12.2 Å². The normalized spacial score (nSPS) is 15.8. The Hall–Kier alpha value is -0.780. The smallest absolute Gasteiger partial charge is 0.291 e. The number of carboxylic acid groups (broad SMARTS) is 1. The van der Waals surface area contributed by atoms with E-state index in [1.807, 2.05) is 0 Å². The Morgan fingerprint density at radius 3 is 1.65 bits per heavy atom. The molecule has 0 aliphatic rings. The Bertz CT molecular complexity index is 673. The van der Waals surface area contributed by atoms with E-state index in [0.717, 1.165) is 25.7 Å². The zero-order valence-corrected chi connectivity index (χ0v) is 22.8. The lowest BCUT2D eigenvalue weighted by molar-refractivity contribution is -0.893. The second-order valence-corrected chi connectivity index (χ2v) is 12.3. The molecule has 0 aromatic carbocycles. The maximum atomic E-state index is 13.0. The predicted molar refractivity (Wildman–Crippen MR) is 132 cm³/mol. The van der Waals surface area contributed by atoms with E-state index in [9.17, 15) is 33.1 Å². The number of carbonyl (C=O) groups excluding carboxylic acids is 1. The highest BCUT2D eigenvalue weighted by atomic mass is 32.2. The molecule has 0 saturated carbocycles. The van der Waals surface area contributed by atoms with E-state index in [0.29, 0.717) is 6.42 Å². The van der Waals surface area contributed by atoms with Crippen LogP contribution < -0.4 is 10.4 Å². The number of hydrogen-bond acceptors (Lipinski definition) is 7. The minimum atomic E-state index is -5.04. The van der Waals surface area contributed by atoms with Gasteiger partial charge in [-0.05, 0) is 25.8 Å². The maximum absolute atomic E-state index is 13.0. The van der Waals surface area contributed by atoms with Crippen LogP contribution in [0.3, 0.4) is 0 Å². The van der Waals surface area contributed by atoms with Crippen LogP contribution in [0.1, 0.15) is 90.9 Å². The van der Waals surface area contributed by atoms with Gasteiger partial charge in [0.2, 0.25) is 4.87 Å². The van der Waals surface area contributed by atoms with E-state index in [4.69, 9.17) is 0 Å². The average Bonchev–Trinajstić information content (AvgIpc) is 2.69. The molecule has 34 heavy (non-hydrogen) atoms. The number of aliphatic hydroxyl groups is 2. The van der Waals surface area contributed by atoms with Crippen molar-refractivity contribution in [3.8, 4) is 0 Å². The summed E-state index contributed by atoms with van der Waals surface area (Å²) in [6.45, 7) is 2.95. The van der Waals surface area contributed by atoms with Crippen LogP contribution in [0.25, 0.3) is 0 Å². The SMILES string of the molecule is CCCCCCCCCCCCNC(C(C(=O)[O-])[N+](C)(C)C)(C(C)(CCO)CCO)S(=O)(=O)O. The molecule has 2 atom stereocenters. The molecule has 2 unspecified atom stereocenters. The summed E-state index contributed by atoms with van der Waals surface area (Å²) in [4.78, 5) is 9.96. The van der Waals surface area contributed by atoms with Crippen LogP contribution in [-0.4, -0.2) is 85.5 Å². The molecule has 0 heterocycles. The van der Waals surface area contributed by atoms with Gasteiger partial charge in [-0.1, -0.05) is 71.6 Å². The number of quaternary nitrogens is 1. The van der Waals surface area contributed by atoms with Crippen LogP contribution in [0.4, 0.5) is 0 Å². The van der Waals surface area contributed by atoms with Gasteiger partial charge in [-0.15, -0.1) is 0 Å². The third kappa shape index (κ3) is 9.35. The van der Waals surface area contributed by atoms with Gasteiger partial charge in [0.1, 0.15) is 5.97 Å². The summed E-state index contributed by atoms with van der Waals surface area (Å²) in [7, 11) is -0.494. The molecule has 10 heteroatoms. The summed E-state index contributed by atoms with van der Waals surface area (Å²) in [5.41, 5.74) is -1.49. The fourth-order valence-corrected chi connectivity index (χ4v) is 6.89. The lowest BCUT2D eigenvalue weighted by atomic mass is 9.72. The van der Waals surface area contributed by atoms with Crippen molar-refractivity contribution in [3.63, 3.8) is 0 Å². The number of carboxylic acids is 1. The van der Waals surface area contributed by atoms with Gasteiger partial charge in [0, 0.05) is 18.6 Å². The van der Waals surface area contributed by atoms with Crippen molar-refractivity contribution in [2.24, 2.45) is 5.41 Å². The molecule has 0 aliphatic carbocycles. The monoisotopic (exact) mass is 510 g/mol. The first-order valence-electron chi connectivity index (χ1n) is 12.7.